The van der Waals surface area contributed by atoms with Crippen LogP contribution in [-0.2, 0) is 4.79 Å². The van der Waals surface area contributed by atoms with E-state index in [1.54, 1.807) is 4.90 Å². The van der Waals surface area contributed by atoms with Crippen molar-refractivity contribution >= 4 is 12.0 Å². The highest BCUT2D eigenvalue weighted by molar-refractivity contribution is 5.79. The molecule has 0 aliphatic carbocycles. The Morgan fingerprint density at radius 3 is 2.56 bits per heavy atom. The Balaban J connectivity index is 2.50. The van der Waals surface area contributed by atoms with Crippen LogP contribution in [0.15, 0.2) is 0 Å². The Morgan fingerprint density at radius 1 is 1.44 bits per heavy atom. The third kappa shape index (κ3) is 3.15. The number of carboxylic acid groups (broad SMARTS) is 1. The number of nitrogens with zero attached hydrogens (tertiary/aromatic N) is 1. The van der Waals surface area contributed by atoms with Crippen molar-refractivity contribution < 1.29 is 14.7 Å². The largest absolute Gasteiger partial charge is 0.481 e. The fraction of sp³-hybridized carbons (Fsp3) is 0.846. The topological polar surface area (TPSA) is 69.6 Å². The second-order valence-corrected chi connectivity index (χ2v) is 5.31. The van der Waals surface area contributed by atoms with Crippen LogP contribution in [0.25, 0.3) is 0 Å². The zero-order valence-corrected chi connectivity index (χ0v) is 11.5. The second-order valence-electron chi connectivity index (χ2n) is 5.31. The normalized spacial score (nSPS) is 24.9. The smallest absolute Gasteiger partial charge is 0.317 e. The summed E-state index contributed by atoms with van der Waals surface area (Å²) in [5.41, 5.74) is -0.742. The molecule has 1 saturated heterocycles. The van der Waals surface area contributed by atoms with Crippen LogP contribution in [0.3, 0.4) is 0 Å². The van der Waals surface area contributed by atoms with Gasteiger partial charge in [0.05, 0.1) is 5.41 Å². The van der Waals surface area contributed by atoms with Crippen LogP contribution < -0.4 is 5.32 Å². The van der Waals surface area contributed by atoms with E-state index in [-0.39, 0.29) is 6.03 Å². The lowest BCUT2D eigenvalue weighted by atomic mass is 9.84. The van der Waals surface area contributed by atoms with Crippen LogP contribution in [0.4, 0.5) is 4.79 Å². The number of hydrogen-bond donors (Lipinski definition) is 2. The Kier molecular flexibility index (Phi) is 4.99. The molecule has 1 heterocycles. The van der Waals surface area contributed by atoms with Gasteiger partial charge in [-0.2, -0.15) is 0 Å². The van der Waals surface area contributed by atoms with Gasteiger partial charge in [0.2, 0.25) is 0 Å². The summed E-state index contributed by atoms with van der Waals surface area (Å²) in [7, 11) is 0. The zero-order chi connectivity index (χ0) is 13.8. The molecule has 0 radical (unpaired) electrons. The molecule has 2 atom stereocenters. The Labute approximate surface area is 109 Å². The van der Waals surface area contributed by atoms with Crippen molar-refractivity contribution in [1.82, 2.24) is 10.2 Å². The van der Waals surface area contributed by atoms with Gasteiger partial charge in [-0.05, 0) is 18.8 Å². The van der Waals surface area contributed by atoms with Gasteiger partial charge in [-0.3, -0.25) is 4.79 Å². The maximum atomic E-state index is 11.9. The van der Waals surface area contributed by atoms with Gasteiger partial charge < -0.3 is 15.3 Å². The van der Waals surface area contributed by atoms with E-state index in [1.807, 2.05) is 6.92 Å². The van der Waals surface area contributed by atoms with Gasteiger partial charge in [0.15, 0.2) is 0 Å². The van der Waals surface area contributed by atoms with Gasteiger partial charge >= 0.3 is 12.0 Å². The summed E-state index contributed by atoms with van der Waals surface area (Å²) in [5, 5.41) is 12.1. The lowest BCUT2D eigenvalue weighted by molar-refractivity contribution is -0.148. The van der Waals surface area contributed by atoms with Crippen LogP contribution in [0, 0.1) is 11.3 Å². The van der Waals surface area contributed by atoms with Crippen LogP contribution in [-0.4, -0.2) is 41.6 Å². The number of rotatable bonds is 5. The molecule has 1 aliphatic heterocycles. The summed E-state index contributed by atoms with van der Waals surface area (Å²) in [6, 6.07) is -0.133. The Hall–Kier alpha value is -1.26. The number of carbonyl (C=O) groups is 2. The van der Waals surface area contributed by atoms with Crippen molar-refractivity contribution in [3.8, 4) is 0 Å². The van der Waals surface area contributed by atoms with E-state index in [0.29, 0.717) is 38.4 Å². The monoisotopic (exact) mass is 256 g/mol. The fourth-order valence-corrected chi connectivity index (χ4v) is 2.18. The van der Waals surface area contributed by atoms with Crippen LogP contribution in [0.5, 0.6) is 0 Å². The molecule has 1 rings (SSSR count). The molecule has 0 bridgehead atoms. The maximum Gasteiger partial charge on any atom is 0.317 e. The predicted octanol–water partition coefficient (Wildman–Crippen LogP) is 1.93. The Morgan fingerprint density at radius 2 is 2.11 bits per heavy atom. The van der Waals surface area contributed by atoms with Gasteiger partial charge in [-0.1, -0.05) is 27.2 Å². The minimum Gasteiger partial charge on any atom is -0.481 e. The first-order chi connectivity index (χ1) is 8.45. The lowest BCUT2D eigenvalue weighted by Gasteiger charge is -2.23. The van der Waals surface area contributed by atoms with Crippen molar-refractivity contribution in [3.05, 3.63) is 0 Å². The molecular weight excluding hydrogens is 232 g/mol. The van der Waals surface area contributed by atoms with Gasteiger partial charge in [-0.25, -0.2) is 4.79 Å². The molecule has 5 nitrogen and oxygen atoms in total. The number of hydrogen-bond acceptors (Lipinski definition) is 2. The van der Waals surface area contributed by atoms with Crippen molar-refractivity contribution in [2.24, 2.45) is 11.3 Å². The summed E-state index contributed by atoms with van der Waals surface area (Å²) in [6.07, 6.45) is 2.14. The van der Waals surface area contributed by atoms with E-state index in [9.17, 15) is 14.7 Å². The molecule has 5 heteroatoms. The van der Waals surface area contributed by atoms with Gasteiger partial charge in [0.25, 0.3) is 0 Å². The summed E-state index contributed by atoms with van der Waals surface area (Å²) in [5.74, 6) is -0.339. The second kappa shape index (κ2) is 6.07. The number of carbonyl (C=O) groups excluding carboxylic acids is 1. The molecule has 18 heavy (non-hydrogen) atoms. The van der Waals surface area contributed by atoms with Gasteiger partial charge in [-0.15, -0.1) is 0 Å². The quantitative estimate of drug-likeness (QED) is 0.789. The molecule has 104 valence electrons. The number of carboxylic acids is 1. The van der Waals surface area contributed by atoms with Crippen LogP contribution in [0.2, 0.25) is 0 Å². The van der Waals surface area contributed by atoms with Crippen molar-refractivity contribution in [2.75, 3.05) is 19.6 Å². The SMILES string of the molecule is CCC(C)CNC(=O)N1CCC(CC)(C(=O)O)C1. The standard InChI is InChI=1S/C13H24N2O3/c1-4-10(3)8-14-12(18)15-7-6-13(5-2,9-15)11(16)17/h10H,4-9H2,1-3H3,(H,14,18)(H,16,17). The third-order valence-corrected chi connectivity index (χ3v) is 4.07. The number of aliphatic carboxylic acids is 1. The highest BCUT2D eigenvalue weighted by Crippen LogP contribution is 2.34. The van der Waals surface area contributed by atoms with E-state index < -0.39 is 11.4 Å². The van der Waals surface area contributed by atoms with Crippen LogP contribution >= 0.6 is 0 Å². The molecule has 0 aromatic heterocycles. The molecule has 1 aliphatic rings. The number of nitrogens with one attached hydrogen (secondary N) is 1. The van der Waals surface area contributed by atoms with Gasteiger partial charge in [0.1, 0.15) is 0 Å². The average Bonchev–Trinajstić information content (AvgIpc) is 2.81. The molecule has 0 saturated carbocycles. The molecule has 0 aromatic rings. The highest BCUT2D eigenvalue weighted by Gasteiger charge is 2.44. The molecule has 0 aromatic carbocycles. The molecule has 1 fully saturated rings. The van der Waals surface area contributed by atoms with E-state index >= 15 is 0 Å². The van der Waals surface area contributed by atoms with Gasteiger partial charge in [0, 0.05) is 19.6 Å². The first-order valence-corrected chi connectivity index (χ1v) is 6.71. The number of urea groups is 1. The summed E-state index contributed by atoms with van der Waals surface area (Å²) in [4.78, 5) is 24.8. The first kappa shape index (κ1) is 14.8. The van der Waals surface area contributed by atoms with Crippen molar-refractivity contribution in [2.45, 2.75) is 40.0 Å². The lowest BCUT2D eigenvalue weighted by Crippen LogP contribution is -2.42. The third-order valence-electron chi connectivity index (χ3n) is 4.07. The fourth-order valence-electron chi connectivity index (χ4n) is 2.18. The molecule has 2 N–H and O–H groups in total. The average molecular weight is 256 g/mol. The van der Waals surface area contributed by atoms with Crippen molar-refractivity contribution in [1.29, 1.82) is 0 Å². The zero-order valence-electron chi connectivity index (χ0n) is 11.5. The maximum absolute atomic E-state index is 11.9. The number of likely N-dealkylation sites (tertiary alicyclic amines) is 1. The Bertz CT molecular complexity index is 319. The highest BCUT2D eigenvalue weighted by atomic mass is 16.4. The number of amides is 2. The van der Waals surface area contributed by atoms with E-state index in [2.05, 4.69) is 19.2 Å². The first-order valence-electron chi connectivity index (χ1n) is 6.71. The minimum atomic E-state index is -0.790. The van der Waals surface area contributed by atoms with Crippen LogP contribution in [0.1, 0.15) is 40.0 Å². The summed E-state index contributed by atoms with van der Waals surface area (Å²) in [6.45, 7) is 7.54. The summed E-state index contributed by atoms with van der Waals surface area (Å²) < 4.78 is 0. The molecule has 0 spiro atoms. The minimum absolute atomic E-state index is 0.133. The summed E-state index contributed by atoms with van der Waals surface area (Å²) >= 11 is 0. The molecule has 2 amide bonds. The molecular formula is C13H24N2O3. The van der Waals surface area contributed by atoms with Crippen molar-refractivity contribution in [3.63, 3.8) is 0 Å². The van der Waals surface area contributed by atoms with E-state index in [1.165, 1.54) is 0 Å². The van der Waals surface area contributed by atoms with E-state index in [4.69, 9.17) is 0 Å². The molecule has 2 unspecified atom stereocenters. The predicted molar refractivity (Wildman–Crippen MR) is 69.4 cm³/mol. The van der Waals surface area contributed by atoms with E-state index in [0.717, 1.165) is 6.42 Å².